The highest BCUT2D eigenvalue weighted by Crippen LogP contribution is 2.33. The Morgan fingerprint density at radius 1 is 1.43 bits per heavy atom. The summed E-state index contributed by atoms with van der Waals surface area (Å²) in [5, 5.41) is 3.60. The van der Waals surface area contributed by atoms with Gasteiger partial charge in [-0.15, -0.1) is 11.3 Å². The maximum absolute atomic E-state index is 12.2. The summed E-state index contributed by atoms with van der Waals surface area (Å²) < 4.78 is 0. The third kappa shape index (κ3) is 3.08. The molecule has 1 heterocycles. The fraction of sp³-hybridized carbons (Fsp3) is 0.375. The molecule has 1 atom stereocenters. The van der Waals surface area contributed by atoms with Gasteiger partial charge in [-0.3, -0.25) is 10.1 Å². The van der Waals surface area contributed by atoms with Crippen molar-refractivity contribution in [3.05, 3.63) is 40.4 Å². The molecular weight excluding hydrogens is 282 g/mol. The van der Waals surface area contributed by atoms with Crippen LogP contribution in [-0.2, 0) is 12.8 Å². The van der Waals surface area contributed by atoms with Crippen molar-refractivity contribution >= 4 is 28.1 Å². The van der Waals surface area contributed by atoms with Crippen molar-refractivity contribution in [3.8, 4) is 0 Å². The molecule has 21 heavy (non-hydrogen) atoms. The van der Waals surface area contributed by atoms with Gasteiger partial charge in [-0.05, 0) is 49.4 Å². The number of aryl methyl sites for hydroxylation is 1. The van der Waals surface area contributed by atoms with Crippen LogP contribution in [-0.4, -0.2) is 10.9 Å². The minimum absolute atomic E-state index is 0.131. The number of nitrogens with two attached hydrogens (primary N) is 1. The van der Waals surface area contributed by atoms with Crippen LogP contribution in [0.1, 0.15) is 40.7 Å². The van der Waals surface area contributed by atoms with Crippen molar-refractivity contribution in [1.82, 2.24) is 4.98 Å². The van der Waals surface area contributed by atoms with Gasteiger partial charge in [0, 0.05) is 16.1 Å². The lowest BCUT2D eigenvalue weighted by molar-refractivity contribution is 0.102. The van der Waals surface area contributed by atoms with Gasteiger partial charge in [0.15, 0.2) is 5.13 Å². The Morgan fingerprint density at radius 3 is 2.90 bits per heavy atom. The molecule has 1 aliphatic rings. The number of benzene rings is 1. The molecule has 110 valence electrons. The summed E-state index contributed by atoms with van der Waals surface area (Å²) >= 11 is 1.61. The number of fused-ring (bicyclic) bond motifs is 1. The quantitative estimate of drug-likeness (QED) is 0.853. The number of anilines is 2. The van der Waals surface area contributed by atoms with E-state index in [2.05, 4.69) is 17.2 Å². The van der Waals surface area contributed by atoms with Gasteiger partial charge in [0.1, 0.15) is 0 Å². The zero-order valence-corrected chi connectivity index (χ0v) is 12.9. The highest BCUT2D eigenvalue weighted by molar-refractivity contribution is 7.15. The Labute approximate surface area is 128 Å². The Morgan fingerprint density at radius 2 is 2.19 bits per heavy atom. The number of hydrogen-bond donors (Lipinski definition) is 2. The summed E-state index contributed by atoms with van der Waals surface area (Å²) in [7, 11) is 0. The number of nitrogen functional groups attached to an aromatic ring is 1. The maximum atomic E-state index is 12.2. The minimum atomic E-state index is -0.131. The second kappa shape index (κ2) is 5.85. The number of aromatic nitrogens is 1. The van der Waals surface area contributed by atoms with Crippen molar-refractivity contribution < 1.29 is 4.79 Å². The molecule has 2 aromatic rings. The van der Waals surface area contributed by atoms with E-state index in [1.165, 1.54) is 17.7 Å². The third-order valence-corrected chi connectivity index (χ3v) is 5.05. The van der Waals surface area contributed by atoms with Gasteiger partial charge in [0.25, 0.3) is 5.91 Å². The Balaban J connectivity index is 1.72. The van der Waals surface area contributed by atoms with E-state index in [9.17, 15) is 4.79 Å². The van der Waals surface area contributed by atoms with Crippen LogP contribution in [0, 0.1) is 5.92 Å². The van der Waals surface area contributed by atoms with Gasteiger partial charge in [-0.2, -0.15) is 0 Å². The van der Waals surface area contributed by atoms with Gasteiger partial charge < -0.3 is 5.73 Å². The van der Waals surface area contributed by atoms with E-state index in [0.29, 0.717) is 16.4 Å². The second-order valence-corrected chi connectivity index (χ2v) is 6.57. The van der Waals surface area contributed by atoms with Crippen LogP contribution < -0.4 is 11.1 Å². The summed E-state index contributed by atoms with van der Waals surface area (Å²) in [6.45, 7) is 2.24. The van der Waals surface area contributed by atoms with E-state index in [0.717, 1.165) is 24.5 Å². The monoisotopic (exact) mass is 301 g/mol. The number of rotatable bonds is 3. The van der Waals surface area contributed by atoms with E-state index < -0.39 is 0 Å². The smallest absolute Gasteiger partial charge is 0.257 e. The molecule has 0 saturated heterocycles. The van der Waals surface area contributed by atoms with Crippen molar-refractivity contribution in [2.45, 2.75) is 32.6 Å². The van der Waals surface area contributed by atoms with Gasteiger partial charge in [0.2, 0.25) is 0 Å². The van der Waals surface area contributed by atoms with Crippen LogP contribution in [0.5, 0.6) is 0 Å². The normalized spacial score (nSPS) is 17.3. The van der Waals surface area contributed by atoms with Gasteiger partial charge >= 0.3 is 0 Å². The molecule has 1 aromatic heterocycles. The van der Waals surface area contributed by atoms with Crippen LogP contribution in [0.3, 0.4) is 0 Å². The molecule has 0 bridgehead atoms. The van der Waals surface area contributed by atoms with E-state index in [1.807, 2.05) is 0 Å². The number of thiazole rings is 1. The van der Waals surface area contributed by atoms with Crippen LogP contribution >= 0.6 is 11.3 Å². The molecule has 1 aliphatic carbocycles. The first kappa shape index (κ1) is 14.1. The number of carbonyl (C=O) groups is 1. The summed E-state index contributed by atoms with van der Waals surface area (Å²) in [4.78, 5) is 18.1. The molecule has 0 fully saturated rings. The molecule has 5 heteroatoms. The third-order valence-electron chi connectivity index (χ3n) is 4.01. The number of hydrogen-bond acceptors (Lipinski definition) is 4. The SMILES string of the molecule is CCC1CCc2nc(NC(=O)c3ccc(N)cc3)sc2C1. The lowest BCUT2D eigenvalue weighted by Crippen LogP contribution is -2.12. The summed E-state index contributed by atoms with van der Waals surface area (Å²) in [5.41, 5.74) is 8.05. The Hall–Kier alpha value is -1.88. The lowest BCUT2D eigenvalue weighted by Gasteiger charge is -2.18. The maximum Gasteiger partial charge on any atom is 0.257 e. The summed E-state index contributed by atoms with van der Waals surface area (Å²) in [6, 6.07) is 6.91. The molecule has 0 saturated carbocycles. The predicted molar refractivity (Wildman–Crippen MR) is 86.7 cm³/mol. The molecule has 0 aliphatic heterocycles. The zero-order chi connectivity index (χ0) is 14.8. The van der Waals surface area contributed by atoms with Crippen LogP contribution in [0.25, 0.3) is 0 Å². The lowest BCUT2D eigenvalue weighted by atomic mass is 9.89. The first-order valence-electron chi connectivity index (χ1n) is 7.31. The molecule has 0 radical (unpaired) electrons. The topological polar surface area (TPSA) is 68.0 Å². The van der Waals surface area contributed by atoms with Crippen molar-refractivity contribution in [2.75, 3.05) is 11.1 Å². The Kier molecular flexibility index (Phi) is 3.92. The average molecular weight is 301 g/mol. The minimum Gasteiger partial charge on any atom is -0.399 e. The second-order valence-electron chi connectivity index (χ2n) is 5.48. The fourth-order valence-corrected chi connectivity index (χ4v) is 3.77. The van der Waals surface area contributed by atoms with Crippen molar-refractivity contribution in [1.29, 1.82) is 0 Å². The molecule has 1 unspecified atom stereocenters. The fourth-order valence-electron chi connectivity index (χ4n) is 2.65. The molecule has 3 rings (SSSR count). The predicted octanol–water partition coefficient (Wildman–Crippen LogP) is 3.49. The van der Waals surface area contributed by atoms with Gasteiger partial charge in [-0.25, -0.2) is 4.98 Å². The molecule has 0 spiro atoms. The first-order chi connectivity index (χ1) is 10.2. The van der Waals surface area contributed by atoms with Crippen LogP contribution in [0.4, 0.5) is 10.8 Å². The van der Waals surface area contributed by atoms with Gasteiger partial charge in [0.05, 0.1) is 5.69 Å². The van der Waals surface area contributed by atoms with E-state index in [1.54, 1.807) is 35.6 Å². The van der Waals surface area contributed by atoms with Crippen LogP contribution in [0.2, 0.25) is 0 Å². The van der Waals surface area contributed by atoms with Crippen molar-refractivity contribution in [2.24, 2.45) is 5.92 Å². The molecule has 1 aromatic carbocycles. The number of nitrogens with one attached hydrogen (secondary N) is 1. The summed E-state index contributed by atoms with van der Waals surface area (Å²) in [5.74, 6) is 0.631. The van der Waals surface area contributed by atoms with Crippen molar-refractivity contribution in [3.63, 3.8) is 0 Å². The Bertz CT molecular complexity index is 648. The van der Waals surface area contributed by atoms with E-state index in [4.69, 9.17) is 5.73 Å². The zero-order valence-electron chi connectivity index (χ0n) is 12.1. The van der Waals surface area contributed by atoms with Gasteiger partial charge in [-0.1, -0.05) is 13.3 Å². The van der Waals surface area contributed by atoms with E-state index >= 15 is 0 Å². The standard InChI is InChI=1S/C16H19N3OS/c1-2-10-3-8-13-14(9-10)21-16(18-13)19-15(20)11-4-6-12(17)7-5-11/h4-7,10H,2-3,8-9,17H2,1H3,(H,18,19,20). The molecule has 1 amide bonds. The number of carbonyl (C=O) groups excluding carboxylic acids is 1. The molecule has 3 N–H and O–H groups in total. The highest BCUT2D eigenvalue weighted by Gasteiger charge is 2.22. The molecular formula is C16H19N3OS. The van der Waals surface area contributed by atoms with E-state index in [-0.39, 0.29) is 5.91 Å². The van der Waals surface area contributed by atoms with Crippen LogP contribution in [0.15, 0.2) is 24.3 Å². The number of amides is 1. The summed E-state index contributed by atoms with van der Waals surface area (Å²) in [6.07, 6.45) is 4.55. The number of nitrogens with zero attached hydrogens (tertiary/aromatic N) is 1. The largest absolute Gasteiger partial charge is 0.399 e. The highest BCUT2D eigenvalue weighted by atomic mass is 32.1. The molecule has 4 nitrogen and oxygen atoms in total. The average Bonchev–Trinajstić information content (AvgIpc) is 2.88. The first-order valence-corrected chi connectivity index (χ1v) is 8.13.